The lowest BCUT2D eigenvalue weighted by atomic mass is 9.44. The quantitative estimate of drug-likeness (QED) is 0.407. The van der Waals surface area contributed by atoms with Crippen molar-refractivity contribution in [1.82, 2.24) is 10.3 Å². The van der Waals surface area contributed by atoms with E-state index < -0.39 is 11.6 Å². The molecule has 4 aliphatic carbocycles. The normalized spacial score (nSPS) is 31.1. The van der Waals surface area contributed by atoms with E-state index in [1.165, 1.54) is 12.8 Å². The first-order valence-corrected chi connectivity index (χ1v) is 13.2. The molecular formula is C28H37ClN4O2. The highest BCUT2D eigenvalue weighted by molar-refractivity contribution is 6.30. The Labute approximate surface area is 213 Å². The number of rotatable bonds is 8. The maximum atomic E-state index is 13.1. The number of carbonyl (C=O) groups excluding carboxylic acids is 1. The highest BCUT2D eigenvalue weighted by Gasteiger charge is 2.58. The smallest absolute Gasteiger partial charge is 0.230 e. The molecule has 4 fully saturated rings. The minimum Gasteiger partial charge on any atom is -0.373 e. The van der Waals surface area contributed by atoms with Crippen molar-refractivity contribution in [3.8, 4) is 0 Å². The molecule has 35 heavy (non-hydrogen) atoms. The lowest BCUT2D eigenvalue weighted by Crippen LogP contribution is -2.61. The monoisotopic (exact) mass is 496 g/mol. The molecule has 4 atom stereocenters. The largest absolute Gasteiger partial charge is 0.373 e. The van der Waals surface area contributed by atoms with E-state index in [4.69, 9.17) is 17.3 Å². The Morgan fingerprint density at radius 3 is 2.40 bits per heavy atom. The predicted molar refractivity (Wildman–Crippen MR) is 139 cm³/mol. The van der Waals surface area contributed by atoms with E-state index in [1.54, 1.807) is 12.4 Å². The zero-order valence-corrected chi connectivity index (χ0v) is 21.3. The van der Waals surface area contributed by atoms with E-state index in [9.17, 15) is 9.90 Å². The molecule has 1 amide bonds. The highest BCUT2D eigenvalue weighted by atomic mass is 35.5. The summed E-state index contributed by atoms with van der Waals surface area (Å²) < 4.78 is 0. The van der Waals surface area contributed by atoms with Gasteiger partial charge < -0.3 is 21.5 Å². The molecule has 1 heterocycles. The third-order valence-corrected chi connectivity index (χ3v) is 9.34. The Bertz CT molecular complexity index is 1030. The molecule has 4 saturated carbocycles. The summed E-state index contributed by atoms with van der Waals surface area (Å²) in [4.78, 5) is 17.2. The summed E-state index contributed by atoms with van der Waals surface area (Å²) >= 11 is 6.02. The number of halogens is 1. The molecule has 0 aliphatic heterocycles. The maximum absolute atomic E-state index is 13.1. The van der Waals surface area contributed by atoms with Crippen molar-refractivity contribution in [2.24, 2.45) is 34.8 Å². The first-order chi connectivity index (χ1) is 16.7. The second kappa shape index (κ2) is 9.38. The van der Waals surface area contributed by atoms with Crippen LogP contribution in [0.15, 0.2) is 48.8 Å². The maximum Gasteiger partial charge on any atom is 0.230 e. The minimum atomic E-state index is -0.666. The third kappa shape index (κ3) is 4.68. The van der Waals surface area contributed by atoms with Gasteiger partial charge in [-0.05, 0) is 99.5 Å². The lowest BCUT2D eigenvalue weighted by Gasteiger charge is -2.62. The van der Waals surface area contributed by atoms with E-state index in [0.29, 0.717) is 35.2 Å². The van der Waals surface area contributed by atoms with Gasteiger partial charge in [0.2, 0.25) is 5.91 Å². The van der Waals surface area contributed by atoms with Crippen LogP contribution in [0.25, 0.3) is 0 Å². The van der Waals surface area contributed by atoms with Gasteiger partial charge in [0, 0.05) is 41.1 Å². The Kier molecular flexibility index (Phi) is 6.58. The number of nitrogens with one attached hydrogen (secondary N) is 2. The molecule has 0 saturated heterocycles. The highest BCUT2D eigenvalue weighted by Crippen LogP contribution is 2.63. The minimum absolute atomic E-state index is 0.0208. The Morgan fingerprint density at radius 2 is 1.77 bits per heavy atom. The summed E-state index contributed by atoms with van der Waals surface area (Å²) in [5, 5.41) is 18.4. The molecule has 0 radical (unpaired) electrons. The molecular weight excluding hydrogens is 460 g/mol. The van der Waals surface area contributed by atoms with Crippen molar-refractivity contribution in [1.29, 1.82) is 0 Å². The van der Waals surface area contributed by atoms with Gasteiger partial charge >= 0.3 is 0 Å². The summed E-state index contributed by atoms with van der Waals surface area (Å²) in [5.74, 6) is 2.00. The number of amides is 1. The molecule has 4 aliphatic rings. The van der Waals surface area contributed by atoms with E-state index in [1.807, 2.05) is 50.2 Å². The molecule has 4 bridgehead atoms. The topological polar surface area (TPSA) is 100 Å². The van der Waals surface area contributed by atoms with Crippen molar-refractivity contribution < 1.29 is 9.90 Å². The van der Waals surface area contributed by atoms with Gasteiger partial charge in [-0.3, -0.25) is 9.78 Å². The number of pyridine rings is 1. The zero-order chi connectivity index (χ0) is 24.8. The first-order valence-electron chi connectivity index (χ1n) is 12.8. The van der Waals surface area contributed by atoms with Crippen LogP contribution in [0, 0.1) is 29.1 Å². The molecule has 6 nitrogen and oxygen atoms in total. The van der Waals surface area contributed by atoms with Gasteiger partial charge in [0.15, 0.2) is 0 Å². The molecule has 3 unspecified atom stereocenters. The van der Waals surface area contributed by atoms with Gasteiger partial charge in [0.05, 0.1) is 5.41 Å². The van der Waals surface area contributed by atoms with Crippen LogP contribution in [0.1, 0.15) is 51.5 Å². The van der Waals surface area contributed by atoms with Crippen molar-refractivity contribution >= 4 is 23.2 Å². The number of aliphatic hydroxyl groups is 1. The van der Waals surface area contributed by atoms with Gasteiger partial charge in [0.1, 0.15) is 6.23 Å². The van der Waals surface area contributed by atoms with Gasteiger partial charge in [-0.15, -0.1) is 0 Å². The average molecular weight is 497 g/mol. The van der Waals surface area contributed by atoms with Crippen LogP contribution < -0.4 is 16.4 Å². The van der Waals surface area contributed by atoms with Crippen molar-refractivity contribution in [3.05, 3.63) is 59.4 Å². The molecule has 1 aromatic carbocycles. The van der Waals surface area contributed by atoms with Crippen molar-refractivity contribution in [2.45, 2.75) is 63.6 Å². The van der Waals surface area contributed by atoms with Crippen LogP contribution >= 0.6 is 11.6 Å². The fourth-order valence-corrected chi connectivity index (χ4v) is 7.61. The zero-order valence-electron chi connectivity index (χ0n) is 20.6. The van der Waals surface area contributed by atoms with Crippen LogP contribution in [0.3, 0.4) is 0 Å². The van der Waals surface area contributed by atoms with Crippen molar-refractivity contribution in [3.63, 3.8) is 0 Å². The van der Waals surface area contributed by atoms with E-state index >= 15 is 0 Å². The van der Waals surface area contributed by atoms with Gasteiger partial charge in [-0.25, -0.2) is 0 Å². The number of benzene rings is 1. The third-order valence-electron chi connectivity index (χ3n) is 9.08. The number of anilines is 1. The number of aromatic nitrogens is 1. The van der Waals surface area contributed by atoms with Gasteiger partial charge in [0.25, 0.3) is 0 Å². The van der Waals surface area contributed by atoms with Crippen molar-refractivity contribution in [2.75, 3.05) is 11.9 Å². The van der Waals surface area contributed by atoms with E-state index in [2.05, 4.69) is 15.6 Å². The predicted octanol–water partition coefficient (Wildman–Crippen LogP) is 4.33. The summed E-state index contributed by atoms with van der Waals surface area (Å²) in [7, 11) is 0. The first kappa shape index (κ1) is 24.5. The molecule has 6 rings (SSSR count). The summed E-state index contributed by atoms with van der Waals surface area (Å²) in [6.45, 7) is 4.34. The Hall–Kier alpha value is -2.15. The second-order valence-electron chi connectivity index (χ2n) is 11.7. The summed E-state index contributed by atoms with van der Waals surface area (Å²) in [6, 6.07) is 11.2. The van der Waals surface area contributed by atoms with Crippen LogP contribution in [-0.4, -0.2) is 34.8 Å². The number of nitrogens with zero attached hydrogens (tertiary/aromatic N) is 1. The molecule has 5 N–H and O–H groups in total. The number of hydrogen-bond acceptors (Lipinski definition) is 5. The number of nitrogens with two attached hydrogens (primary N) is 1. The fourth-order valence-electron chi connectivity index (χ4n) is 7.48. The van der Waals surface area contributed by atoms with E-state index in [0.717, 1.165) is 30.5 Å². The van der Waals surface area contributed by atoms with E-state index in [-0.39, 0.29) is 17.4 Å². The SMILES string of the molecule is CC(C)(C(=O)NC[C@@H](N)C1C2CC3CC1CC(C(O)Nc1ccncc1)(C3)C2)c1ccc(Cl)cc1. The number of aliphatic hydroxyl groups excluding tert-OH is 1. The van der Waals surface area contributed by atoms with Crippen LogP contribution in [0.4, 0.5) is 5.69 Å². The summed E-state index contributed by atoms with van der Waals surface area (Å²) in [6.07, 6.45) is 8.33. The van der Waals surface area contributed by atoms with Crippen LogP contribution in [0.5, 0.6) is 0 Å². The number of hydrogen-bond donors (Lipinski definition) is 4. The molecule has 2 aromatic rings. The van der Waals surface area contributed by atoms with Crippen LogP contribution in [0.2, 0.25) is 5.02 Å². The molecule has 0 spiro atoms. The van der Waals surface area contributed by atoms with Crippen LogP contribution in [-0.2, 0) is 10.2 Å². The second-order valence-corrected chi connectivity index (χ2v) is 12.1. The van der Waals surface area contributed by atoms with Gasteiger partial charge in [-0.2, -0.15) is 0 Å². The Balaban J connectivity index is 1.22. The molecule has 188 valence electrons. The standard InChI is InChI=1S/C28H37ClN4O2/c1-27(2,20-3-5-21(29)6-4-20)25(34)32-16-23(30)24-18-11-17-12-19(24)15-28(13-17,14-18)26(35)33-22-7-9-31-10-8-22/h3-10,17-19,23-24,26,35H,11-16,30H2,1-2H3,(H,31,33)(H,32,34)/t17?,18?,19?,23-,24?,26?,28?/m1/s1. The molecule has 7 heteroatoms. The average Bonchev–Trinajstić information content (AvgIpc) is 2.82. The lowest BCUT2D eigenvalue weighted by molar-refractivity contribution is -0.145. The summed E-state index contributed by atoms with van der Waals surface area (Å²) in [5.41, 5.74) is 7.84. The number of carbonyl (C=O) groups is 1. The Morgan fingerprint density at radius 1 is 1.14 bits per heavy atom. The fraction of sp³-hybridized carbons (Fsp3) is 0.571. The molecule has 1 aromatic heterocycles. The van der Waals surface area contributed by atoms with Gasteiger partial charge in [-0.1, -0.05) is 23.7 Å².